The molecular formula is C8H17N3O. The number of rotatable bonds is 3. The van der Waals surface area contributed by atoms with Crippen LogP contribution in [0.3, 0.4) is 0 Å². The van der Waals surface area contributed by atoms with Gasteiger partial charge in [0.15, 0.2) is 0 Å². The Morgan fingerprint density at radius 2 is 2.58 bits per heavy atom. The van der Waals surface area contributed by atoms with E-state index in [0.29, 0.717) is 6.54 Å². The molecule has 1 rings (SSSR count). The molecule has 70 valence electrons. The average Bonchev–Trinajstić information content (AvgIpc) is 2.56. The van der Waals surface area contributed by atoms with E-state index in [1.54, 1.807) is 0 Å². The summed E-state index contributed by atoms with van der Waals surface area (Å²) in [4.78, 5) is 11.4. The summed E-state index contributed by atoms with van der Waals surface area (Å²) in [6.07, 6.45) is 0.948. The molecule has 4 heteroatoms. The van der Waals surface area contributed by atoms with Crippen LogP contribution in [0.25, 0.3) is 0 Å². The molecule has 4 nitrogen and oxygen atoms in total. The van der Waals surface area contributed by atoms with Gasteiger partial charge in [-0.3, -0.25) is 4.79 Å². The van der Waals surface area contributed by atoms with Gasteiger partial charge in [-0.25, -0.2) is 0 Å². The molecule has 12 heavy (non-hydrogen) atoms. The van der Waals surface area contributed by atoms with E-state index >= 15 is 0 Å². The highest BCUT2D eigenvalue weighted by Crippen LogP contribution is 2.06. The monoisotopic (exact) mass is 171 g/mol. The quantitative estimate of drug-likeness (QED) is 0.513. The SMILES string of the molecule is C[C@H](CN)NC(=O)[C@H]1CCNC1. The van der Waals surface area contributed by atoms with Crippen molar-refractivity contribution < 1.29 is 4.79 Å². The van der Waals surface area contributed by atoms with E-state index in [0.717, 1.165) is 19.5 Å². The Balaban J connectivity index is 2.27. The van der Waals surface area contributed by atoms with E-state index in [4.69, 9.17) is 5.73 Å². The van der Waals surface area contributed by atoms with Crippen LogP contribution < -0.4 is 16.4 Å². The molecule has 1 heterocycles. The van der Waals surface area contributed by atoms with Gasteiger partial charge in [0.25, 0.3) is 0 Å². The van der Waals surface area contributed by atoms with Crippen LogP contribution >= 0.6 is 0 Å². The zero-order valence-corrected chi connectivity index (χ0v) is 7.47. The van der Waals surface area contributed by atoms with Gasteiger partial charge in [0.2, 0.25) is 5.91 Å². The smallest absolute Gasteiger partial charge is 0.224 e. The Morgan fingerprint density at radius 3 is 3.08 bits per heavy atom. The number of nitrogens with two attached hydrogens (primary N) is 1. The summed E-state index contributed by atoms with van der Waals surface area (Å²) in [5.41, 5.74) is 5.39. The van der Waals surface area contributed by atoms with Crippen molar-refractivity contribution in [2.24, 2.45) is 11.7 Å². The summed E-state index contributed by atoms with van der Waals surface area (Å²) in [6.45, 7) is 4.18. The van der Waals surface area contributed by atoms with Gasteiger partial charge in [0.1, 0.15) is 0 Å². The van der Waals surface area contributed by atoms with Crippen LogP contribution in [0.5, 0.6) is 0 Å². The first-order chi connectivity index (χ1) is 5.74. The second-order valence-corrected chi connectivity index (χ2v) is 3.34. The van der Waals surface area contributed by atoms with Gasteiger partial charge >= 0.3 is 0 Å². The van der Waals surface area contributed by atoms with Crippen LogP contribution in [0.15, 0.2) is 0 Å². The minimum atomic E-state index is 0.0955. The Labute approximate surface area is 72.9 Å². The van der Waals surface area contributed by atoms with Crippen molar-refractivity contribution >= 4 is 5.91 Å². The summed E-state index contributed by atoms with van der Waals surface area (Å²) in [5.74, 6) is 0.289. The normalized spacial score (nSPS) is 25.3. The van der Waals surface area contributed by atoms with E-state index in [1.165, 1.54) is 0 Å². The van der Waals surface area contributed by atoms with Crippen LogP contribution in [0.4, 0.5) is 0 Å². The molecule has 0 saturated carbocycles. The summed E-state index contributed by atoms with van der Waals surface area (Å²) in [5, 5.41) is 6.02. The molecule has 0 radical (unpaired) electrons. The van der Waals surface area contributed by atoms with Crippen molar-refractivity contribution in [2.45, 2.75) is 19.4 Å². The summed E-state index contributed by atoms with van der Waals surface area (Å²) >= 11 is 0. The molecule has 2 atom stereocenters. The van der Waals surface area contributed by atoms with Crippen LogP contribution in [0.1, 0.15) is 13.3 Å². The first-order valence-electron chi connectivity index (χ1n) is 4.45. The summed E-state index contributed by atoms with van der Waals surface area (Å²) in [6, 6.07) is 0.0955. The lowest BCUT2D eigenvalue weighted by atomic mass is 10.1. The second kappa shape index (κ2) is 4.42. The molecule has 1 fully saturated rings. The van der Waals surface area contributed by atoms with E-state index in [-0.39, 0.29) is 17.9 Å². The van der Waals surface area contributed by atoms with Gasteiger partial charge in [-0.1, -0.05) is 0 Å². The largest absolute Gasteiger partial charge is 0.352 e. The third-order valence-electron chi connectivity index (χ3n) is 2.17. The number of hydrogen-bond donors (Lipinski definition) is 3. The highest BCUT2D eigenvalue weighted by molar-refractivity contribution is 5.79. The molecule has 1 amide bonds. The second-order valence-electron chi connectivity index (χ2n) is 3.34. The molecule has 0 aromatic carbocycles. The van der Waals surface area contributed by atoms with E-state index in [2.05, 4.69) is 10.6 Å². The fourth-order valence-electron chi connectivity index (χ4n) is 1.30. The number of carbonyl (C=O) groups is 1. The first-order valence-corrected chi connectivity index (χ1v) is 4.45. The van der Waals surface area contributed by atoms with Crippen molar-refractivity contribution in [3.63, 3.8) is 0 Å². The van der Waals surface area contributed by atoms with Crippen molar-refractivity contribution in [3.8, 4) is 0 Å². The predicted octanol–water partition coefficient (Wildman–Crippen LogP) is -0.941. The van der Waals surface area contributed by atoms with Crippen LogP contribution in [0.2, 0.25) is 0 Å². The summed E-state index contributed by atoms with van der Waals surface area (Å²) in [7, 11) is 0. The van der Waals surface area contributed by atoms with Gasteiger partial charge in [-0.05, 0) is 19.9 Å². The maximum Gasteiger partial charge on any atom is 0.224 e. The minimum absolute atomic E-state index is 0.0955. The highest BCUT2D eigenvalue weighted by atomic mass is 16.2. The zero-order chi connectivity index (χ0) is 8.97. The minimum Gasteiger partial charge on any atom is -0.352 e. The van der Waals surface area contributed by atoms with E-state index in [9.17, 15) is 4.79 Å². The van der Waals surface area contributed by atoms with E-state index in [1.807, 2.05) is 6.92 Å². The van der Waals surface area contributed by atoms with Crippen LogP contribution in [0, 0.1) is 5.92 Å². The molecule has 0 aliphatic carbocycles. The lowest BCUT2D eigenvalue weighted by molar-refractivity contribution is -0.124. The van der Waals surface area contributed by atoms with E-state index < -0.39 is 0 Å². The topological polar surface area (TPSA) is 67.1 Å². The highest BCUT2D eigenvalue weighted by Gasteiger charge is 2.22. The van der Waals surface area contributed by atoms with Crippen molar-refractivity contribution in [3.05, 3.63) is 0 Å². The number of amides is 1. The van der Waals surface area contributed by atoms with Crippen molar-refractivity contribution in [1.29, 1.82) is 0 Å². The molecule has 4 N–H and O–H groups in total. The van der Waals surface area contributed by atoms with Crippen molar-refractivity contribution in [2.75, 3.05) is 19.6 Å². The predicted molar refractivity (Wildman–Crippen MR) is 47.6 cm³/mol. The average molecular weight is 171 g/mol. The van der Waals surface area contributed by atoms with Crippen molar-refractivity contribution in [1.82, 2.24) is 10.6 Å². The lowest BCUT2D eigenvalue weighted by Crippen LogP contribution is -2.41. The standard InChI is InChI=1S/C8H17N3O/c1-6(4-9)11-8(12)7-2-3-10-5-7/h6-7,10H,2-5,9H2,1H3,(H,11,12)/t6-,7+/m1/s1. The lowest BCUT2D eigenvalue weighted by Gasteiger charge is -2.14. The van der Waals surface area contributed by atoms with Gasteiger partial charge < -0.3 is 16.4 Å². The number of hydrogen-bond acceptors (Lipinski definition) is 3. The van der Waals surface area contributed by atoms with Gasteiger partial charge in [-0.2, -0.15) is 0 Å². The molecule has 1 aliphatic rings. The molecule has 0 unspecified atom stereocenters. The Kier molecular flexibility index (Phi) is 3.49. The Bertz CT molecular complexity index is 154. The Hall–Kier alpha value is -0.610. The van der Waals surface area contributed by atoms with Crippen LogP contribution in [-0.2, 0) is 4.79 Å². The fraction of sp³-hybridized carbons (Fsp3) is 0.875. The van der Waals surface area contributed by atoms with Gasteiger partial charge in [0.05, 0.1) is 5.92 Å². The third kappa shape index (κ3) is 2.46. The zero-order valence-electron chi connectivity index (χ0n) is 7.47. The third-order valence-corrected chi connectivity index (χ3v) is 2.17. The number of nitrogens with one attached hydrogen (secondary N) is 2. The molecule has 0 bridgehead atoms. The molecular weight excluding hydrogens is 154 g/mol. The molecule has 0 aromatic rings. The molecule has 1 saturated heterocycles. The van der Waals surface area contributed by atoms with Crippen LogP contribution in [-0.4, -0.2) is 31.6 Å². The molecule has 0 spiro atoms. The number of carbonyl (C=O) groups excluding carboxylic acids is 1. The maximum absolute atomic E-state index is 11.4. The van der Waals surface area contributed by atoms with Gasteiger partial charge in [-0.15, -0.1) is 0 Å². The first kappa shape index (κ1) is 9.48. The molecule has 0 aromatic heterocycles. The van der Waals surface area contributed by atoms with Gasteiger partial charge in [0, 0.05) is 19.1 Å². The fourth-order valence-corrected chi connectivity index (χ4v) is 1.30. The Morgan fingerprint density at radius 1 is 1.83 bits per heavy atom. The maximum atomic E-state index is 11.4. The summed E-state index contributed by atoms with van der Waals surface area (Å²) < 4.78 is 0. The molecule has 1 aliphatic heterocycles.